The highest BCUT2D eigenvalue weighted by molar-refractivity contribution is 5.73. The van der Waals surface area contributed by atoms with Gasteiger partial charge in [-0.2, -0.15) is 5.10 Å². The smallest absolute Gasteiger partial charge is 0.219 e. The van der Waals surface area contributed by atoms with E-state index in [1.165, 1.54) is 17.6 Å². The quantitative estimate of drug-likeness (QED) is 0.780. The van der Waals surface area contributed by atoms with Gasteiger partial charge in [0.1, 0.15) is 6.33 Å². The van der Waals surface area contributed by atoms with Gasteiger partial charge in [-0.05, 0) is 32.2 Å². The number of nitrogens with zero attached hydrogens (tertiary/aromatic N) is 6. The summed E-state index contributed by atoms with van der Waals surface area (Å²) in [7, 11) is 1.99. The van der Waals surface area contributed by atoms with E-state index < -0.39 is 0 Å². The highest BCUT2D eigenvalue weighted by atomic mass is 16.2. The third-order valence-corrected chi connectivity index (χ3v) is 5.32. The van der Waals surface area contributed by atoms with Crippen LogP contribution in [0.4, 0.5) is 0 Å². The molecule has 0 spiro atoms. The fraction of sp³-hybridized carbons (Fsp3) is 0.600. The lowest BCUT2D eigenvalue weighted by Gasteiger charge is -2.30. The zero-order valence-corrected chi connectivity index (χ0v) is 16.6. The van der Waals surface area contributed by atoms with E-state index >= 15 is 0 Å². The molecule has 7 heteroatoms. The second-order valence-corrected chi connectivity index (χ2v) is 7.38. The molecule has 3 rings (SSSR count). The standard InChI is InChI=1S/C20H30N6O/c1-4-20-18(13-24(3)23-20)14-25-8-5-6-19(7-9-25)26(16(2)27)12-17-10-21-15-22-11-17/h10-11,13,15,19H,4-9,12,14H2,1-3H3/t19-/m0/s1. The number of aryl methyl sites for hydroxylation is 2. The first-order chi connectivity index (χ1) is 13.1. The average molecular weight is 371 g/mol. The van der Waals surface area contributed by atoms with Crippen LogP contribution in [0, 0.1) is 0 Å². The Kier molecular flexibility index (Phi) is 6.55. The molecule has 0 aromatic carbocycles. The minimum absolute atomic E-state index is 0.123. The Morgan fingerprint density at radius 3 is 2.74 bits per heavy atom. The van der Waals surface area contributed by atoms with Crippen molar-refractivity contribution >= 4 is 5.91 Å². The van der Waals surface area contributed by atoms with Crippen molar-refractivity contribution < 1.29 is 4.79 Å². The SMILES string of the molecule is CCc1nn(C)cc1CN1CCC[C@H](N(Cc2cncnc2)C(C)=O)CC1. The molecule has 1 atom stereocenters. The molecule has 3 heterocycles. The van der Waals surface area contributed by atoms with Crippen molar-refractivity contribution in [3.05, 3.63) is 41.7 Å². The van der Waals surface area contributed by atoms with Crippen LogP contribution in [0.5, 0.6) is 0 Å². The third kappa shape index (κ3) is 5.13. The van der Waals surface area contributed by atoms with Crippen molar-refractivity contribution in [2.75, 3.05) is 13.1 Å². The molecule has 0 N–H and O–H groups in total. The Bertz CT molecular complexity index is 744. The molecule has 0 bridgehead atoms. The van der Waals surface area contributed by atoms with Crippen LogP contribution < -0.4 is 0 Å². The molecule has 146 valence electrons. The summed E-state index contributed by atoms with van der Waals surface area (Å²) in [6.07, 6.45) is 11.3. The molecule has 2 aromatic rings. The van der Waals surface area contributed by atoms with Gasteiger partial charge in [-0.1, -0.05) is 6.92 Å². The molecule has 0 unspecified atom stereocenters. The fourth-order valence-electron chi connectivity index (χ4n) is 3.97. The monoisotopic (exact) mass is 370 g/mol. The number of hydrogen-bond donors (Lipinski definition) is 0. The Morgan fingerprint density at radius 2 is 2.04 bits per heavy atom. The first kappa shape index (κ1) is 19.5. The summed E-state index contributed by atoms with van der Waals surface area (Å²) in [5.74, 6) is 0.123. The van der Waals surface area contributed by atoms with Gasteiger partial charge in [0.15, 0.2) is 0 Å². The van der Waals surface area contributed by atoms with E-state index in [0.717, 1.165) is 50.9 Å². The maximum Gasteiger partial charge on any atom is 0.219 e. The topological polar surface area (TPSA) is 67.2 Å². The second kappa shape index (κ2) is 9.08. The van der Waals surface area contributed by atoms with E-state index in [2.05, 4.69) is 33.1 Å². The van der Waals surface area contributed by atoms with Crippen molar-refractivity contribution in [1.29, 1.82) is 0 Å². The largest absolute Gasteiger partial charge is 0.335 e. The van der Waals surface area contributed by atoms with Crippen molar-refractivity contribution in [1.82, 2.24) is 29.5 Å². The highest BCUT2D eigenvalue weighted by Crippen LogP contribution is 2.21. The molecular weight excluding hydrogens is 340 g/mol. The van der Waals surface area contributed by atoms with Gasteiger partial charge in [-0.3, -0.25) is 14.4 Å². The highest BCUT2D eigenvalue weighted by Gasteiger charge is 2.25. The Labute approximate surface area is 161 Å². The summed E-state index contributed by atoms with van der Waals surface area (Å²) < 4.78 is 1.91. The zero-order valence-electron chi connectivity index (χ0n) is 16.6. The normalized spacial score (nSPS) is 18.3. The lowest BCUT2D eigenvalue weighted by Crippen LogP contribution is -2.39. The van der Waals surface area contributed by atoms with E-state index in [1.54, 1.807) is 19.3 Å². The Morgan fingerprint density at radius 1 is 1.26 bits per heavy atom. The van der Waals surface area contributed by atoms with E-state index in [4.69, 9.17) is 0 Å². The number of carbonyl (C=O) groups excluding carboxylic acids is 1. The van der Waals surface area contributed by atoms with Crippen LogP contribution in [0.1, 0.15) is 49.9 Å². The molecule has 7 nitrogen and oxygen atoms in total. The molecule has 0 saturated carbocycles. The van der Waals surface area contributed by atoms with Crippen LogP contribution >= 0.6 is 0 Å². The van der Waals surface area contributed by atoms with Crippen LogP contribution in [0.2, 0.25) is 0 Å². The van der Waals surface area contributed by atoms with E-state index in [1.807, 2.05) is 16.6 Å². The first-order valence-electron chi connectivity index (χ1n) is 9.81. The average Bonchev–Trinajstić information content (AvgIpc) is 2.86. The lowest BCUT2D eigenvalue weighted by molar-refractivity contribution is -0.132. The van der Waals surface area contributed by atoms with Crippen LogP contribution in [0.3, 0.4) is 0 Å². The predicted octanol–water partition coefficient (Wildman–Crippen LogP) is 2.18. The van der Waals surface area contributed by atoms with Crippen molar-refractivity contribution in [3.63, 3.8) is 0 Å². The second-order valence-electron chi connectivity index (χ2n) is 7.38. The molecule has 0 aliphatic carbocycles. The van der Waals surface area contributed by atoms with Gasteiger partial charge in [-0.15, -0.1) is 0 Å². The van der Waals surface area contributed by atoms with Crippen LogP contribution in [-0.4, -0.2) is 54.6 Å². The van der Waals surface area contributed by atoms with Gasteiger partial charge in [0.05, 0.1) is 5.69 Å². The Balaban J connectivity index is 1.63. The molecule has 0 radical (unpaired) electrons. The molecule has 1 saturated heterocycles. The van der Waals surface area contributed by atoms with Gasteiger partial charge < -0.3 is 4.90 Å². The van der Waals surface area contributed by atoms with Crippen LogP contribution in [0.15, 0.2) is 24.9 Å². The first-order valence-corrected chi connectivity index (χ1v) is 9.81. The summed E-state index contributed by atoms with van der Waals surface area (Å²) in [6.45, 7) is 7.41. The summed E-state index contributed by atoms with van der Waals surface area (Å²) in [6, 6.07) is 0.271. The fourth-order valence-corrected chi connectivity index (χ4v) is 3.97. The summed E-state index contributed by atoms with van der Waals surface area (Å²) in [5, 5.41) is 4.56. The van der Waals surface area contributed by atoms with E-state index in [9.17, 15) is 4.79 Å². The van der Waals surface area contributed by atoms with Crippen molar-refractivity contribution in [2.45, 2.75) is 58.7 Å². The molecule has 1 amide bonds. The van der Waals surface area contributed by atoms with Gasteiger partial charge in [0.2, 0.25) is 5.91 Å². The summed E-state index contributed by atoms with van der Waals surface area (Å²) >= 11 is 0. The molecule has 1 fully saturated rings. The number of amides is 1. The number of carbonyl (C=O) groups is 1. The number of rotatable bonds is 6. The molecule has 1 aliphatic heterocycles. The molecular formula is C20H30N6O. The van der Waals surface area contributed by atoms with Crippen molar-refractivity contribution in [2.24, 2.45) is 7.05 Å². The minimum Gasteiger partial charge on any atom is -0.335 e. The third-order valence-electron chi connectivity index (χ3n) is 5.32. The number of hydrogen-bond acceptors (Lipinski definition) is 5. The number of likely N-dealkylation sites (tertiary alicyclic amines) is 1. The molecule has 27 heavy (non-hydrogen) atoms. The minimum atomic E-state index is 0.123. The summed E-state index contributed by atoms with van der Waals surface area (Å²) in [4.78, 5) is 24.9. The number of aromatic nitrogens is 4. The zero-order chi connectivity index (χ0) is 19.2. The maximum atomic E-state index is 12.3. The Hall–Kier alpha value is -2.28. The molecule has 2 aromatic heterocycles. The van der Waals surface area contributed by atoms with Gasteiger partial charge in [0.25, 0.3) is 0 Å². The maximum absolute atomic E-state index is 12.3. The molecule has 1 aliphatic rings. The van der Waals surface area contributed by atoms with Gasteiger partial charge >= 0.3 is 0 Å². The lowest BCUT2D eigenvalue weighted by atomic mass is 10.1. The van der Waals surface area contributed by atoms with Crippen LogP contribution in [-0.2, 0) is 31.4 Å². The van der Waals surface area contributed by atoms with Gasteiger partial charge in [0, 0.05) is 69.4 Å². The van der Waals surface area contributed by atoms with Crippen LogP contribution in [0.25, 0.3) is 0 Å². The van der Waals surface area contributed by atoms with Gasteiger partial charge in [-0.25, -0.2) is 9.97 Å². The van der Waals surface area contributed by atoms with E-state index in [-0.39, 0.29) is 11.9 Å². The van der Waals surface area contributed by atoms with Crippen molar-refractivity contribution in [3.8, 4) is 0 Å². The van der Waals surface area contributed by atoms with E-state index in [0.29, 0.717) is 6.54 Å². The predicted molar refractivity (Wildman–Crippen MR) is 104 cm³/mol. The summed E-state index contributed by atoms with van der Waals surface area (Å²) in [5.41, 5.74) is 3.49.